The maximum atomic E-state index is 13.3. The van der Waals surface area contributed by atoms with E-state index in [1.807, 2.05) is 23.7 Å². The topological polar surface area (TPSA) is 30.7 Å². The van der Waals surface area contributed by atoms with E-state index in [1.165, 1.54) is 25.0 Å². The highest BCUT2D eigenvalue weighted by molar-refractivity contribution is 5.95. The van der Waals surface area contributed by atoms with Crippen molar-refractivity contribution in [2.75, 3.05) is 0 Å². The van der Waals surface area contributed by atoms with Crippen molar-refractivity contribution in [1.82, 2.24) is 14.8 Å². The quantitative estimate of drug-likeness (QED) is 0.650. The van der Waals surface area contributed by atoms with E-state index in [0.717, 1.165) is 33.5 Å². The van der Waals surface area contributed by atoms with Crippen molar-refractivity contribution in [2.45, 2.75) is 52.0 Å². The molecule has 3 aromatic rings. The summed E-state index contributed by atoms with van der Waals surface area (Å²) in [7, 11) is 0. The van der Waals surface area contributed by atoms with Gasteiger partial charge in [-0.1, -0.05) is 12.1 Å². The smallest absolute Gasteiger partial charge is 0.159 e. The minimum absolute atomic E-state index is 0.137. The number of hydrogen-bond donors (Lipinski definition) is 0. The standard InChI is InChI=1S/C20H22FN3/c1-12-18-16(13-7-9-15(21)10-8-13)11-17(14-5-6-14)22-19(18)24(23-12)20(2,3)4/h7-11,14H,5-6H2,1-4H3. The molecule has 3 nitrogen and oxygen atoms in total. The Hall–Kier alpha value is -2.23. The van der Waals surface area contributed by atoms with Gasteiger partial charge < -0.3 is 0 Å². The van der Waals surface area contributed by atoms with Gasteiger partial charge in [-0.3, -0.25) is 0 Å². The zero-order valence-electron chi connectivity index (χ0n) is 14.6. The van der Waals surface area contributed by atoms with E-state index >= 15 is 0 Å². The van der Waals surface area contributed by atoms with Crippen LogP contribution in [0, 0.1) is 12.7 Å². The van der Waals surface area contributed by atoms with Crippen LogP contribution in [-0.4, -0.2) is 14.8 Å². The van der Waals surface area contributed by atoms with Gasteiger partial charge >= 0.3 is 0 Å². The van der Waals surface area contributed by atoms with Crippen molar-refractivity contribution in [2.24, 2.45) is 0 Å². The molecule has 124 valence electrons. The molecule has 1 aromatic carbocycles. The lowest BCUT2D eigenvalue weighted by Gasteiger charge is -2.20. The molecule has 1 aliphatic carbocycles. The SMILES string of the molecule is Cc1nn(C(C)(C)C)c2nc(C3CC3)cc(-c3ccc(F)cc3)c12. The van der Waals surface area contributed by atoms with Crippen molar-refractivity contribution < 1.29 is 4.39 Å². The van der Waals surface area contributed by atoms with E-state index in [4.69, 9.17) is 10.1 Å². The maximum Gasteiger partial charge on any atom is 0.159 e. The Morgan fingerprint density at radius 3 is 2.38 bits per heavy atom. The van der Waals surface area contributed by atoms with E-state index in [9.17, 15) is 4.39 Å². The second-order valence-corrected chi connectivity index (χ2v) is 7.74. The second-order valence-electron chi connectivity index (χ2n) is 7.74. The van der Waals surface area contributed by atoms with Crippen molar-refractivity contribution in [1.29, 1.82) is 0 Å². The molecular weight excluding hydrogens is 301 g/mol. The number of fused-ring (bicyclic) bond motifs is 1. The van der Waals surface area contributed by atoms with E-state index in [-0.39, 0.29) is 11.4 Å². The molecule has 1 saturated carbocycles. The predicted molar refractivity (Wildman–Crippen MR) is 94.6 cm³/mol. The Bertz CT molecular complexity index is 913. The zero-order valence-corrected chi connectivity index (χ0v) is 14.6. The fraction of sp³-hybridized carbons (Fsp3) is 0.400. The molecule has 0 spiro atoms. The molecule has 0 unspecified atom stereocenters. The third-order valence-corrected chi connectivity index (χ3v) is 4.62. The van der Waals surface area contributed by atoms with Crippen LogP contribution in [0.25, 0.3) is 22.2 Å². The molecular formula is C20H22FN3. The van der Waals surface area contributed by atoms with Crippen molar-refractivity contribution in [3.63, 3.8) is 0 Å². The third-order valence-electron chi connectivity index (χ3n) is 4.62. The third kappa shape index (κ3) is 2.50. The largest absolute Gasteiger partial charge is 0.242 e. The van der Waals surface area contributed by atoms with E-state index < -0.39 is 0 Å². The minimum Gasteiger partial charge on any atom is -0.242 e. The van der Waals surface area contributed by atoms with Gasteiger partial charge in [0.1, 0.15) is 5.82 Å². The Morgan fingerprint density at radius 2 is 1.79 bits per heavy atom. The van der Waals surface area contributed by atoms with Crippen molar-refractivity contribution >= 4 is 11.0 Å². The molecule has 0 radical (unpaired) electrons. The van der Waals surface area contributed by atoms with Crippen LogP contribution in [0.4, 0.5) is 4.39 Å². The summed E-state index contributed by atoms with van der Waals surface area (Å²) in [5.74, 6) is 0.339. The Kier molecular flexibility index (Phi) is 3.27. The lowest BCUT2D eigenvalue weighted by atomic mass is 10.00. The highest BCUT2D eigenvalue weighted by Crippen LogP contribution is 2.42. The molecule has 0 amide bonds. The van der Waals surface area contributed by atoms with E-state index in [2.05, 4.69) is 26.8 Å². The second kappa shape index (κ2) is 5.13. The number of pyridine rings is 1. The fourth-order valence-corrected chi connectivity index (χ4v) is 3.22. The first-order chi connectivity index (χ1) is 11.3. The van der Waals surface area contributed by atoms with Crippen LogP contribution in [-0.2, 0) is 5.54 Å². The normalized spacial score (nSPS) is 15.2. The van der Waals surface area contributed by atoms with Crippen LogP contribution >= 0.6 is 0 Å². The van der Waals surface area contributed by atoms with Gasteiger partial charge in [0, 0.05) is 17.0 Å². The molecule has 0 aliphatic heterocycles. The highest BCUT2D eigenvalue weighted by atomic mass is 19.1. The minimum atomic E-state index is -0.214. The van der Waals surface area contributed by atoms with Gasteiger partial charge in [-0.05, 0) is 69.9 Å². The maximum absolute atomic E-state index is 13.3. The molecule has 2 aromatic heterocycles. The number of benzene rings is 1. The Balaban J connectivity index is 2.04. The molecule has 4 rings (SSSR count). The van der Waals surface area contributed by atoms with Gasteiger partial charge in [0.25, 0.3) is 0 Å². The Morgan fingerprint density at radius 1 is 1.12 bits per heavy atom. The van der Waals surface area contributed by atoms with Crippen LogP contribution in [0.3, 0.4) is 0 Å². The molecule has 0 atom stereocenters. The van der Waals surface area contributed by atoms with Crippen molar-refractivity contribution in [3.05, 3.63) is 47.5 Å². The van der Waals surface area contributed by atoms with Gasteiger partial charge in [-0.15, -0.1) is 0 Å². The molecule has 1 fully saturated rings. The molecule has 2 heterocycles. The average Bonchev–Trinajstić information content (AvgIpc) is 3.31. The monoisotopic (exact) mass is 323 g/mol. The first kappa shape index (κ1) is 15.3. The highest BCUT2D eigenvalue weighted by Gasteiger charge is 2.29. The lowest BCUT2D eigenvalue weighted by Crippen LogP contribution is -2.23. The summed E-state index contributed by atoms with van der Waals surface area (Å²) in [6.07, 6.45) is 2.40. The summed E-state index contributed by atoms with van der Waals surface area (Å²) in [4.78, 5) is 4.95. The summed E-state index contributed by atoms with van der Waals surface area (Å²) in [5, 5.41) is 5.84. The summed E-state index contributed by atoms with van der Waals surface area (Å²) < 4.78 is 15.4. The molecule has 0 bridgehead atoms. The molecule has 4 heteroatoms. The fourth-order valence-electron chi connectivity index (χ4n) is 3.22. The van der Waals surface area contributed by atoms with Crippen LogP contribution < -0.4 is 0 Å². The molecule has 0 saturated heterocycles. The van der Waals surface area contributed by atoms with Crippen LogP contribution in [0.2, 0.25) is 0 Å². The van der Waals surface area contributed by atoms with Crippen LogP contribution in [0.1, 0.15) is 50.9 Å². The predicted octanol–water partition coefficient (Wildman–Crippen LogP) is 5.18. The van der Waals surface area contributed by atoms with Gasteiger partial charge in [-0.25, -0.2) is 14.1 Å². The van der Waals surface area contributed by atoms with Crippen LogP contribution in [0.5, 0.6) is 0 Å². The summed E-state index contributed by atoms with van der Waals surface area (Å²) in [6, 6.07) is 8.89. The number of hydrogen-bond acceptors (Lipinski definition) is 2. The summed E-state index contributed by atoms with van der Waals surface area (Å²) in [5.41, 5.74) is 5.02. The van der Waals surface area contributed by atoms with Gasteiger partial charge in [0.15, 0.2) is 5.65 Å². The van der Waals surface area contributed by atoms with Gasteiger partial charge in [-0.2, -0.15) is 5.10 Å². The number of aromatic nitrogens is 3. The molecule has 1 aliphatic rings. The van der Waals surface area contributed by atoms with E-state index in [0.29, 0.717) is 5.92 Å². The van der Waals surface area contributed by atoms with Crippen molar-refractivity contribution in [3.8, 4) is 11.1 Å². The molecule has 24 heavy (non-hydrogen) atoms. The number of aryl methyl sites for hydroxylation is 1. The zero-order chi connectivity index (χ0) is 17.1. The number of rotatable bonds is 2. The van der Waals surface area contributed by atoms with E-state index in [1.54, 1.807) is 0 Å². The molecule has 0 N–H and O–H groups in total. The first-order valence-electron chi connectivity index (χ1n) is 8.51. The number of halogens is 1. The van der Waals surface area contributed by atoms with Gasteiger partial charge in [0.05, 0.1) is 11.2 Å². The lowest BCUT2D eigenvalue weighted by molar-refractivity contribution is 0.364. The number of nitrogens with zero attached hydrogens (tertiary/aromatic N) is 3. The van der Waals surface area contributed by atoms with Crippen LogP contribution in [0.15, 0.2) is 30.3 Å². The summed E-state index contributed by atoms with van der Waals surface area (Å²) >= 11 is 0. The first-order valence-corrected chi connectivity index (χ1v) is 8.51. The Labute approximate surface area is 141 Å². The average molecular weight is 323 g/mol. The van der Waals surface area contributed by atoms with Gasteiger partial charge in [0.2, 0.25) is 0 Å². The summed E-state index contributed by atoms with van der Waals surface area (Å²) in [6.45, 7) is 8.45.